The average molecular weight is 472 g/mol. The maximum absolute atomic E-state index is 13.6. The van der Waals surface area contributed by atoms with Gasteiger partial charge in [0.25, 0.3) is 5.89 Å². The van der Waals surface area contributed by atoms with Crippen LogP contribution >= 0.6 is 0 Å². The van der Waals surface area contributed by atoms with Crippen molar-refractivity contribution in [3.63, 3.8) is 0 Å². The monoisotopic (exact) mass is 472 g/mol. The van der Waals surface area contributed by atoms with E-state index in [2.05, 4.69) is 15.2 Å². The molecule has 0 aliphatic heterocycles. The highest BCUT2D eigenvalue weighted by molar-refractivity contribution is 5.93. The molecule has 0 saturated carbocycles. The first kappa shape index (κ1) is 22.2. The van der Waals surface area contributed by atoms with Crippen LogP contribution in [-0.4, -0.2) is 36.8 Å². The van der Waals surface area contributed by atoms with Gasteiger partial charge in [0.1, 0.15) is 12.4 Å². The quantitative estimate of drug-likeness (QED) is 0.374. The molecule has 0 N–H and O–H groups in total. The van der Waals surface area contributed by atoms with Crippen molar-refractivity contribution in [1.82, 2.24) is 24.3 Å². The number of nitrogens with zero attached hydrogens (tertiary/aromatic N) is 6. The smallest absolute Gasteiger partial charge is 0.333 e. The Morgan fingerprint density at radius 2 is 1.94 bits per heavy atom. The SMILES string of the molecule is CCN(C(=O)Cn1nc2c(-c3nc(-c4cccc(F)c4)no3)cccn2c1=O)c1cccc(C)c1. The number of carbonyl (C=O) groups is 1. The molecule has 35 heavy (non-hydrogen) atoms. The molecular weight excluding hydrogens is 451 g/mol. The number of carbonyl (C=O) groups excluding carboxylic acids is 1. The predicted octanol–water partition coefficient (Wildman–Crippen LogP) is 3.71. The summed E-state index contributed by atoms with van der Waals surface area (Å²) in [5, 5.41) is 8.31. The molecule has 10 heteroatoms. The Morgan fingerprint density at radius 3 is 2.71 bits per heavy atom. The van der Waals surface area contributed by atoms with Gasteiger partial charge in [-0.25, -0.2) is 18.3 Å². The van der Waals surface area contributed by atoms with E-state index in [-0.39, 0.29) is 29.8 Å². The summed E-state index contributed by atoms with van der Waals surface area (Å²) in [5.74, 6) is -0.363. The topological polar surface area (TPSA) is 98.5 Å². The zero-order chi connectivity index (χ0) is 24.5. The van der Waals surface area contributed by atoms with Crippen LogP contribution in [-0.2, 0) is 11.3 Å². The molecule has 5 rings (SSSR count). The Kier molecular flexibility index (Phi) is 5.69. The number of likely N-dealkylation sites (N-methyl/N-ethyl adjacent to an activating group) is 1. The molecule has 0 aliphatic rings. The first-order valence-electron chi connectivity index (χ1n) is 11.0. The molecule has 0 radical (unpaired) electrons. The summed E-state index contributed by atoms with van der Waals surface area (Å²) in [6.45, 7) is 4.03. The molecule has 0 atom stereocenters. The molecule has 9 nitrogen and oxygen atoms in total. The summed E-state index contributed by atoms with van der Waals surface area (Å²) in [6.07, 6.45) is 1.55. The minimum absolute atomic E-state index is 0.119. The van der Waals surface area contributed by atoms with Gasteiger partial charge in [0.05, 0.1) is 5.56 Å². The summed E-state index contributed by atoms with van der Waals surface area (Å²) in [6, 6.07) is 16.8. The molecule has 176 valence electrons. The highest BCUT2D eigenvalue weighted by Gasteiger charge is 2.21. The molecule has 0 saturated heterocycles. The highest BCUT2D eigenvalue weighted by atomic mass is 19.1. The van der Waals surface area contributed by atoms with Crippen LogP contribution in [0.1, 0.15) is 12.5 Å². The van der Waals surface area contributed by atoms with Crippen molar-refractivity contribution in [2.24, 2.45) is 0 Å². The van der Waals surface area contributed by atoms with Crippen molar-refractivity contribution < 1.29 is 13.7 Å². The molecule has 5 aromatic rings. The van der Waals surface area contributed by atoms with Crippen LogP contribution in [0.2, 0.25) is 0 Å². The third kappa shape index (κ3) is 4.21. The largest absolute Gasteiger partial charge is 0.350 e. The molecule has 0 unspecified atom stereocenters. The lowest BCUT2D eigenvalue weighted by atomic mass is 10.2. The van der Waals surface area contributed by atoms with E-state index in [0.717, 1.165) is 15.9 Å². The lowest BCUT2D eigenvalue weighted by Crippen LogP contribution is -2.36. The van der Waals surface area contributed by atoms with E-state index in [1.165, 1.54) is 16.5 Å². The van der Waals surface area contributed by atoms with Crippen LogP contribution < -0.4 is 10.6 Å². The van der Waals surface area contributed by atoms with Gasteiger partial charge in [-0.3, -0.25) is 4.79 Å². The number of fused-ring (bicyclic) bond motifs is 1. The second-order valence-electron chi connectivity index (χ2n) is 7.97. The van der Waals surface area contributed by atoms with E-state index < -0.39 is 11.5 Å². The van der Waals surface area contributed by atoms with Crippen molar-refractivity contribution in [3.8, 4) is 22.8 Å². The number of hydrogen-bond acceptors (Lipinski definition) is 6. The van der Waals surface area contributed by atoms with Gasteiger partial charge >= 0.3 is 5.69 Å². The number of aryl methyl sites for hydroxylation is 1. The van der Waals surface area contributed by atoms with Crippen LogP contribution in [0.5, 0.6) is 0 Å². The Bertz CT molecular complexity index is 1600. The van der Waals surface area contributed by atoms with Gasteiger partial charge in [-0.1, -0.05) is 29.4 Å². The van der Waals surface area contributed by atoms with Crippen molar-refractivity contribution >= 4 is 17.2 Å². The standard InChI is InChI=1S/C25H21FN6O3/c1-3-30(19-10-4-7-16(2)13-19)21(33)15-32-25(34)31-12-6-11-20(23(31)28-32)24-27-22(29-35-24)17-8-5-9-18(26)14-17/h4-14H,3,15H2,1-2H3. The molecule has 3 heterocycles. The molecule has 1 amide bonds. The van der Waals surface area contributed by atoms with E-state index in [1.54, 1.807) is 35.4 Å². The zero-order valence-corrected chi connectivity index (χ0v) is 19.1. The summed E-state index contributed by atoms with van der Waals surface area (Å²) in [5.41, 5.74) is 2.44. The van der Waals surface area contributed by atoms with E-state index in [9.17, 15) is 14.0 Å². The fraction of sp³-hybridized carbons (Fsp3) is 0.160. The van der Waals surface area contributed by atoms with Crippen LogP contribution in [0.3, 0.4) is 0 Å². The highest BCUT2D eigenvalue weighted by Crippen LogP contribution is 2.25. The number of benzene rings is 2. The number of hydrogen-bond donors (Lipinski definition) is 0. The van der Waals surface area contributed by atoms with Gasteiger partial charge in [-0.05, 0) is 55.8 Å². The Morgan fingerprint density at radius 1 is 1.11 bits per heavy atom. The predicted molar refractivity (Wildman–Crippen MR) is 127 cm³/mol. The van der Waals surface area contributed by atoms with Crippen LogP contribution in [0.4, 0.5) is 10.1 Å². The molecular formula is C25H21FN6O3. The minimum atomic E-state index is -0.472. The molecule has 0 spiro atoms. The third-order valence-corrected chi connectivity index (χ3v) is 5.56. The Hall–Kier alpha value is -4.60. The average Bonchev–Trinajstić information content (AvgIpc) is 3.45. The van der Waals surface area contributed by atoms with Crippen molar-refractivity contribution in [2.45, 2.75) is 20.4 Å². The van der Waals surface area contributed by atoms with Gasteiger partial charge in [-0.2, -0.15) is 4.98 Å². The fourth-order valence-corrected chi connectivity index (χ4v) is 3.90. The van der Waals surface area contributed by atoms with E-state index in [0.29, 0.717) is 17.7 Å². The Balaban J connectivity index is 1.48. The number of rotatable bonds is 6. The number of anilines is 1. The van der Waals surface area contributed by atoms with E-state index in [4.69, 9.17) is 4.52 Å². The molecule has 3 aromatic heterocycles. The number of pyridine rings is 1. The number of aromatic nitrogens is 5. The lowest BCUT2D eigenvalue weighted by Gasteiger charge is -2.21. The van der Waals surface area contributed by atoms with Gasteiger partial charge in [0.15, 0.2) is 5.65 Å². The van der Waals surface area contributed by atoms with Crippen molar-refractivity contribution in [3.05, 3.63) is 88.7 Å². The van der Waals surface area contributed by atoms with Crippen LogP contribution in [0.25, 0.3) is 28.5 Å². The normalized spacial score (nSPS) is 11.2. The zero-order valence-electron chi connectivity index (χ0n) is 19.1. The van der Waals surface area contributed by atoms with Gasteiger partial charge in [-0.15, -0.1) is 5.10 Å². The Labute approximate surface area is 199 Å². The van der Waals surface area contributed by atoms with E-state index in [1.807, 2.05) is 38.1 Å². The van der Waals surface area contributed by atoms with Crippen molar-refractivity contribution in [2.75, 3.05) is 11.4 Å². The third-order valence-electron chi connectivity index (χ3n) is 5.56. The number of halogens is 1. The van der Waals surface area contributed by atoms with Gasteiger partial charge in [0, 0.05) is 24.0 Å². The molecule has 0 aliphatic carbocycles. The van der Waals surface area contributed by atoms with E-state index >= 15 is 0 Å². The lowest BCUT2D eigenvalue weighted by molar-refractivity contribution is -0.119. The van der Waals surface area contributed by atoms with Crippen molar-refractivity contribution in [1.29, 1.82) is 0 Å². The summed E-state index contributed by atoms with van der Waals surface area (Å²) in [4.78, 5) is 32.0. The van der Waals surface area contributed by atoms with Crippen LogP contribution in [0.15, 0.2) is 76.2 Å². The maximum atomic E-state index is 13.6. The summed E-state index contributed by atoms with van der Waals surface area (Å²) < 4.78 is 21.4. The first-order chi connectivity index (χ1) is 16.9. The second kappa shape index (κ2) is 8.98. The van der Waals surface area contributed by atoms with Crippen LogP contribution in [0, 0.1) is 12.7 Å². The number of amides is 1. The summed E-state index contributed by atoms with van der Waals surface area (Å²) in [7, 11) is 0. The first-order valence-corrected chi connectivity index (χ1v) is 11.0. The van der Waals surface area contributed by atoms with Gasteiger partial charge < -0.3 is 9.42 Å². The molecule has 2 aromatic carbocycles. The minimum Gasteiger partial charge on any atom is -0.333 e. The maximum Gasteiger partial charge on any atom is 0.350 e. The molecule has 0 bridgehead atoms. The second-order valence-corrected chi connectivity index (χ2v) is 7.97. The molecule has 0 fully saturated rings. The fourth-order valence-electron chi connectivity index (χ4n) is 3.90. The van der Waals surface area contributed by atoms with Gasteiger partial charge in [0.2, 0.25) is 11.7 Å². The summed E-state index contributed by atoms with van der Waals surface area (Å²) >= 11 is 0.